The number of nitrogens with zero attached hydrogens (tertiary/aromatic N) is 2. The quantitative estimate of drug-likeness (QED) is 0.531. The van der Waals surface area contributed by atoms with Crippen molar-refractivity contribution in [3.8, 4) is 0 Å². The van der Waals surface area contributed by atoms with E-state index in [1.165, 1.54) is 6.21 Å². The van der Waals surface area contributed by atoms with Gasteiger partial charge in [-0.15, -0.1) is 12.6 Å². The van der Waals surface area contributed by atoms with E-state index in [1.807, 2.05) is 19.0 Å². The second-order valence-corrected chi connectivity index (χ2v) is 4.71. The van der Waals surface area contributed by atoms with Gasteiger partial charge in [-0.2, -0.15) is 0 Å². The van der Waals surface area contributed by atoms with Crippen LogP contribution in [-0.2, 0) is 22.4 Å². The molecule has 0 aliphatic carbocycles. The summed E-state index contributed by atoms with van der Waals surface area (Å²) in [5.41, 5.74) is 0. The smallest absolute Gasteiger partial charge is 0.00403 e. The molecule has 4 heteroatoms. The third-order valence-corrected chi connectivity index (χ3v) is 2.69. The summed E-state index contributed by atoms with van der Waals surface area (Å²) in [5, 5.41) is 7.33. The molecule has 1 radical (unpaired) electrons. The Morgan fingerprint density at radius 3 is 1.81 bits per heavy atom. The van der Waals surface area contributed by atoms with Gasteiger partial charge in [0.1, 0.15) is 0 Å². The van der Waals surface area contributed by atoms with E-state index >= 15 is 0 Å². The Bertz CT molecular complexity index is 173. The number of rotatable bonds is 7. The Balaban J connectivity index is 0. The van der Waals surface area contributed by atoms with Gasteiger partial charge >= 0.3 is 0 Å². The molecule has 0 spiro atoms. The summed E-state index contributed by atoms with van der Waals surface area (Å²) in [6, 6.07) is 2.22. The van der Waals surface area contributed by atoms with Gasteiger partial charge in [0, 0.05) is 34.5 Å². The molecular formula is C12H26N3Ta-. The molecule has 0 aliphatic heterocycles. The summed E-state index contributed by atoms with van der Waals surface area (Å²) in [4.78, 5) is 4.47. The Morgan fingerprint density at radius 2 is 1.56 bits per heavy atom. The van der Waals surface area contributed by atoms with Gasteiger partial charge in [0.15, 0.2) is 0 Å². The van der Waals surface area contributed by atoms with Crippen molar-refractivity contribution in [3.05, 3.63) is 6.04 Å². The maximum atomic E-state index is 7.33. The molecule has 0 aliphatic rings. The van der Waals surface area contributed by atoms with Crippen molar-refractivity contribution in [1.29, 1.82) is 5.41 Å². The van der Waals surface area contributed by atoms with E-state index in [-0.39, 0.29) is 22.4 Å². The summed E-state index contributed by atoms with van der Waals surface area (Å²) in [5.74, 6) is 0. The van der Waals surface area contributed by atoms with Crippen molar-refractivity contribution in [2.45, 2.75) is 46.2 Å². The zero-order valence-corrected chi connectivity index (χ0v) is 14.7. The van der Waals surface area contributed by atoms with Crippen LogP contribution in [0.3, 0.4) is 0 Å². The van der Waals surface area contributed by atoms with Crippen LogP contribution in [0.5, 0.6) is 0 Å². The first-order valence-corrected chi connectivity index (χ1v) is 5.69. The first-order valence-electron chi connectivity index (χ1n) is 5.69. The van der Waals surface area contributed by atoms with E-state index in [0.29, 0.717) is 12.1 Å². The molecule has 1 N–H and O–H groups in total. The first kappa shape index (κ1) is 18.6. The SMILES string of the molecule is CC(C)N(CC[C-](C=N)N(C)C)C(C)C.[Ta]. The summed E-state index contributed by atoms with van der Waals surface area (Å²) >= 11 is 0. The van der Waals surface area contributed by atoms with E-state index in [0.717, 1.165) is 19.0 Å². The topological polar surface area (TPSA) is 30.3 Å². The maximum Gasteiger partial charge on any atom is 0.00403 e. The first-order chi connectivity index (χ1) is 6.90. The van der Waals surface area contributed by atoms with Gasteiger partial charge in [-0.05, 0) is 48.3 Å². The van der Waals surface area contributed by atoms with Gasteiger partial charge in [-0.25, -0.2) is 0 Å². The number of hydrogen-bond acceptors (Lipinski definition) is 3. The Kier molecular flexibility index (Phi) is 10.7. The van der Waals surface area contributed by atoms with Crippen LogP contribution in [-0.4, -0.2) is 48.7 Å². The fraction of sp³-hybridized carbons (Fsp3) is 0.833. The van der Waals surface area contributed by atoms with E-state index in [2.05, 4.69) is 32.6 Å². The van der Waals surface area contributed by atoms with Gasteiger partial charge in [0.2, 0.25) is 0 Å². The van der Waals surface area contributed by atoms with Crippen molar-refractivity contribution in [2.75, 3.05) is 20.6 Å². The molecule has 0 saturated carbocycles. The molecule has 3 nitrogen and oxygen atoms in total. The van der Waals surface area contributed by atoms with Crippen molar-refractivity contribution >= 4 is 6.21 Å². The molecule has 0 saturated heterocycles. The van der Waals surface area contributed by atoms with Crippen LogP contribution >= 0.6 is 0 Å². The van der Waals surface area contributed by atoms with Crippen molar-refractivity contribution in [1.82, 2.24) is 9.80 Å². The number of nitrogens with one attached hydrogen (secondary N) is 1. The minimum Gasteiger partial charge on any atom is -0.438 e. The molecule has 0 atom stereocenters. The van der Waals surface area contributed by atoms with Gasteiger partial charge in [0.25, 0.3) is 0 Å². The van der Waals surface area contributed by atoms with Gasteiger partial charge in [-0.1, -0.05) is 0 Å². The Labute approximate surface area is 117 Å². The number of hydrogen-bond donors (Lipinski definition) is 1. The molecule has 0 unspecified atom stereocenters. The molecule has 95 valence electrons. The molecule has 0 rings (SSSR count). The molecular weight excluding hydrogens is 367 g/mol. The van der Waals surface area contributed by atoms with Crippen LogP contribution in [0.15, 0.2) is 0 Å². The summed E-state index contributed by atoms with van der Waals surface area (Å²) in [6.45, 7) is 9.91. The van der Waals surface area contributed by atoms with E-state index in [1.54, 1.807) is 0 Å². The second kappa shape index (κ2) is 9.25. The molecule has 0 bridgehead atoms. The third kappa shape index (κ3) is 6.71. The Hall–Kier alpha value is 0.200. The molecule has 0 heterocycles. The van der Waals surface area contributed by atoms with Gasteiger partial charge in [-0.3, -0.25) is 6.04 Å². The standard InChI is InChI=1S/C12H26N3.Ta/c1-10(2)15(11(3)4)8-7-12(9-13)14(5)6;/h9-11,13H,7-8H2,1-6H3;/q-1;. The zero-order valence-electron chi connectivity index (χ0n) is 11.5. The molecule has 0 amide bonds. The van der Waals surface area contributed by atoms with Gasteiger partial charge in [0.05, 0.1) is 0 Å². The Morgan fingerprint density at radius 1 is 1.12 bits per heavy atom. The van der Waals surface area contributed by atoms with E-state index < -0.39 is 0 Å². The van der Waals surface area contributed by atoms with Crippen molar-refractivity contribution in [3.63, 3.8) is 0 Å². The van der Waals surface area contributed by atoms with Crippen LogP contribution in [0.1, 0.15) is 34.1 Å². The van der Waals surface area contributed by atoms with Crippen molar-refractivity contribution in [2.24, 2.45) is 0 Å². The maximum absolute atomic E-state index is 7.33. The molecule has 0 aromatic heterocycles. The fourth-order valence-electron chi connectivity index (χ4n) is 1.78. The predicted octanol–water partition coefficient (Wildman–Crippen LogP) is 2.24. The van der Waals surface area contributed by atoms with Crippen LogP contribution in [0.4, 0.5) is 0 Å². The molecule has 0 aromatic carbocycles. The second-order valence-electron chi connectivity index (χ2n) is 4.71. The predicted molar refractivity (Wildman–Crippen MR) is 67.3 cm³/mol. The van der Waals surface area contributed by atoms with E-state index in [4.69, 9.17) is 5.41 Å². The third-order valence-electron chi connectivity index (χ3n) is 2.69. The summed E-state index contributed by atoms with van der Waals surface area (Å²) in [7, 11) is 3.99. The van der Waals surface area contributed by atoms with Crippen LogP contribution in [0.2, 0.25) is 0 Å². The summed E-state index contributed by atoms with van der Waals surface area (Å²) < 4.78 is 0. The molecule has 16 heavy (non-hydrogen) atoms. The molecule has 0 fully saturated rings. The monoisotopic (exact) mass is 393 g/mol. The van der Waals surface area contributed by atoms with Crippen LogP contribution in [0, 0.1) is 11.5 Å². The molecule has 0 aromatic rings. The van der Waals surface area contributed by atoms with Gasteiger partial charge < -0.3 is 15.2 Å². The zero-order chi connectivity index (χ0) is 12.0. The largest absolute Gasteiger partial charge is 0.438 e. The average molecular weight is 393 g/mol. The van der Waals surface area contributed by atoms with Crippen LogP contribution < -0.4 is 0 Å². The van der Waals surface area contributed by atoms with E-state index in [9.17, 15) is 0 Å². The van der Waals surface area contributed by atoms with Crippen molar-refractivity contribution < 1.29 is 22.4 Å². The minimum atomic E-state index is 0. The fourth-order valence-corrected chi connectivity index (χ4v) is 1.78. The van der Waals surface area contributed by atoms with Crippen LogP contribution in [0.25, 0.3) is 0 Å². The minimum absolute atomic E-state index is 0. The average Bonchev–Trinajstić information content (AvgIpc) is 2.10. The normalized spacial score (nSPS) is 11.1. The summed E-state index contributed by atoms with van der Waals surface area (Å²) in [6.07, 6.45) is 2.41.